The summed E-state index contributed by atoms with van der Waals surface area (Å²) >= 11 is 3.49. The average Bonchev–Trinajstić information content (AvgIpc) is 2.95. The largest absolute Gasteiger partial charge is 0.361 e. The van der Waals surface area contributed by atoms with Gasteiger partial charge in [-0.25, -0.2) is 0 Å². The zero-order valence-electron chi connectivity index (χ0n) is 15.8. The fraction of sp³-hybridized carbons (Fsp3) is 0.524. The third-order valence-electron chi connectivity index (χ3n) is 5.57. The first-order valence-electron chi connectivity index (χ1n) is 9.39. The molecule has 1 N–H and O–H groups in total. The van der Waals surface area contributed by atoms with Crippen molar-refractivity contribution in [2.45, 2.75) is 70.8 Å². The van der Waals surface area contributed by atoms with Crippen LogP contribution in [-0.2, 0) is 11.2 Å². The molecule has 1 amide bonds. The lowest BCUT2D eigenvalue weighted by Crippen LogP contribution is -2.52. The maximum absolute atomic E-state index is 13.1. The summed E-state index contributed by atoms with van der Waals surface area (Å²) in [6, 6.07) is 8.43. The van der Waals surface area contributed by atoms with E-state index < -0.39 is 0 Å². The van der Waals surface area contributed by atoms with E-state index in [2.05, 4.69) is 50.7 Å². The number of aryl methyl sites for hydroxylation is 2. The summed E-state index contributed by atoms with van der Waals surface area (Å²) in [4.78, 5) is 13.1. The summed E-state index contributed by atoms with van der Waals surface area (Å²) < 4.78 is 6.33. The standard InChI is InChI=1S/C21H27BrN2O2/c1-14(19-15(2)24-26-16(19)3)20(25)23-21(11-5-4-6-12-21)13-17-7-9-18(22)10-8-17/h7-10,14H,4-6,11-13H2,1-3H3,(H,23,25). The van der Waals surface area contributed by atoms with Crippen LogP contribution in [0.2, 0.25) is 0 Å². The minimum Gasteiger partial charge on any atom is -0.361 e. The second kappa shape index (κ2) is 7.95. The SMILES string of the molecule is Cc1noc(C)c1C(C)C(=O)NC1(Cc2ccc(Br)cc2)CCCCC1. The van der Waals surface area contributed by atoms with Crippen molar-refractivity contribution in [3.63, 3.8) is 0 Å². The molecular formula is C21H27BrN2O2. The number of amides is 1. The maximum atomic E-state index is 13.1. The van der Waals surface area contributed by atoms with E-state index in [1.807, 2.05) is 20.8 Å². The number of rotatable bonds is 5. The van der Waals surface area contributed by atoms with Gasteiger partial charge in [0.05, 0.1) is 11.6 Å². The lowest BCUT2D eigenvalue weighted by molar-refractivity contribution is -0.124. The molecule has 1 atom stereocenters. The molecule has 0 aliphatic heterocycles. The lowest BCUT2D eigenvalue weighted by Gasteiger charge is -2.39. The highest BCUT2D eigenvalue weighted by atomic mass is 79.9. The van der Waals surface area contributed by atoms with Crippen LogP contribution in [0.15, 0.2) is 33.3 Å². The van der Waals surface area contributed by atoms with Gasteiger partial charge in [-0.2, -0.15) is 0 Å². The Balaban J connectivity index is 1.79. The first-order valence-corrected chi connectivity index (χ1v) is 10.2. The van der Waals surface area contributed by atoms with Crippen LogP contribution in [0.3, 0.4) is 0 Å². The molecule has 1 fully saturated rings. The smallest absolute Gasteiger partial charge is 0.227 e. The molecule has 0 saturated heterocycles. The monoisotopic (exact) mass is 418 g/mol. The molecule has 5 heteroatoms. The van der Waals surface area contributed by atoms with Crippen molar-refractivity contribution in [3.05, 3.63) is 51.3 Å². The number of carbonyl (C=O) groups excluding carboxylic acids is 1. The fourth-order valence-electron chi connectivity index (χ4n) is 4.18. The molecule has 1 aliphatic carbocycles. The molecule has 26 heavy (non-hydrogen) atoms. The van der Waals surface area contributed by atoms with Crippen LogP contribution in [-0.4, -0.2) is 16.6 Å². The van der Waals surface area contributed by atoms with E-state index in [4.69, 9.17) is 4.52 Å². The molecule has 1 heterocycles. The van der Waals surface area contributed by atoms with E-state index in [9.17, 15) is 4.79 Å². The molecule has 2 aromatic rings. The van der Waals surface area contributed by atoms with Crippen LogP contribution in [0, 0.1) is 13.8 Å². The number of halogens is 1. The Kier molecular flexibility index (Phi) is 5.86. The summed E-state index contributed by atoms with van der Waals surface area (Å²) in [7, 11) is 0. The van der Waals surface area contributed by atoms with Crippen LogP contribution < -0.4 is 5.32 Å². The Morgan fingerprint density at radius 1 is 1.23 bits per heavy atom. The van der Waals surface area contributed by atoms with Gasteiger partial charge in [0.2, 0.25) is 5.91 Å². The van der Waals surface area contributed by atoms with Crippen molar-refractivity contribution in [3.8, 4) is 0 Å². The van der Waals surface area contributed by atoms with E-state index in [1.54, 1.807) is 0 Å². The Hall–Kier alpha value is -1.62. The maximum Gasteiger partial charge on any atom is 0.227 e. The minimum atomic E-state index is -0.259. The van der Waals surface area contributed by atoms with Gasteiger partial charge in [-0.3, -0.25) is 4.79 Å². The van der Waals surface area contributed by atoms with Gasteiger partial charge in [-0.05, 0) is 57.7 Å². The highest BCUT2D eigenvalue weighted by Crippen LogP contribution is 2.33. The van der Waals surface area contributed by atoms with Gasteiger partial charge in [0, 0.05) is 15.6 Å². The molecule has 140 valence electrons. The highest BCUT2D eigenvalue weighted by Gasteiger charge is 2.36. The summed E-state index contributed by atoms with van der Waals surface area (Å²) in [5, 5.41) is 7.42. The highest BCUT2D eigenvalue weighted by molar-refractivity contribution is 9.10. The zero-order chi connectivity index (χ0) is 18.7. The van der Waals surface area contributed by atoms with Crippen LogP contribution in [0.4, 0.5) is 0 Å². The predicted octanol–water partition coefficient (Wildman–Crippen LogP) is 5.22. The van der Waals surface area contributed by atoms with Crippen molar-refractivity contribution in [2.75, 3.05) is 0 Å². The summed E-state index contributed by atoms with van der Waals surface area (Å²) in [5.41, 5.74) is 2.82. The van der Waals surface area contributed by atoms with Gasteiger partial charge in [-0.1, -0.05) is 52.5 Å². The van der Waals surface area contributed by atoms with E-state index in [1.165, 1.54) is 12.0 Å². The quantitative estimate of drug-likeness (QED) is 0.723. The number of nitrogens with zero attached hydrogens (tertiary/aromatic N) is 1. The number of carbonyl (C=O) groups is 1. The third-order valence-corrected chi connectivity index (χ3v) is 6.10. The summed E-state index contributed by atoms with van der Waals surface area (Å²) in [6.45, 7) is 5.71. The lowest BCUT2D eigenvalue weighted by atomic mass is 9.77. The molecule has 1 unspecified atom stereocenters. The van der Waals surface area contributed by atoms with Crippen molar-refractivity contribution >= 4 is 21.8 Å². The molecule has 1 aromatic carbocycles. The molecule has 3 rings (SSSR count). The molecule has 1 aliphatic rings. The fourth-order valence-corrected chi connectivity index (χ4v) is 4.44. The molecule has 1 aromatic heterocycles. The molecule has 0 bridgehead atoms. The van der Waals surface area contributed by atoms with Gasteiger partial charge in [0.15, 0.2) is 0 Å². The number of aromatic nitrogens is 1. The van der Waals surface area contributed by atoms with Gasteiger partial charge in [0.1, 0.15) is 5.76 Å². The normalized spacial score (nSPS) is 17.7. The summed E-state index contributed by atoms with van der Waals surface area (Å²) in [6.07, 6.45) is 6.51. The Morgan fingerprint density at radius 2 is 1.88 bits per heavy atom. The zero-order valence-corrected chi connectivity index (χ0v) is 17.4. The molecule has 4 nitrogen and oxygen atoms in total. The predicted molar refractivity (Wildman–Crippen MR) is 106 cm³/mol. The first-order chi connectivity index (χ1) is 12.4. The topological polar surface area (TPSA) is 55.1 Å². The van der Waals surface area contributed by atoms with Crippen LogP contribution in [0.25, 0.3) is 0 Å². The van der Waals surface area contributed by atoms with Crippen LogP contribution in [0.5, 0.6) is 0 Å². The second-order valence-electron chi connectivity index (χ2n) is 7.59. The molecule has 1 saturated carbocycles. The first kappa shape index (κ1) is 19.2. The van der Waals surface area contributed by atoms with Crippen molar-refractivity contribution < 1.29 is 9.32 Å². The van der Waals surface area contributed by atoms with Crippen molar-refractivity contribution in [2.24, 2.45) is 0 Å². The van der Waals surface area contributed by atoms with Crippen LogP contribution in [0.1, 0.15) is 67.5 Å². The number of benzene rings is 1. The molecule has 0 spiro atoms. The van der Waals surface area contributed by atoms with E-state index in [-0.39, 0.29) is 17.4 Å². The van der Waals surface area contributed by atoms with E-state index in [0.29, 0.717) is 0 Å². The Labute approximate surface area is 163 Å². The summed E-state index contributed by atoms with van der Waals surface area (Å²) in [5.74, 6) is 0.541. The Morgan fingerprint density at radius 3 is 2.46 bits per heavy atom. The molecular weight excluding hydrogens is 392 g/mol. The van der Waals surface area contributed by atoms with Gasteiger partial charge in [-0.15, -0.1) is 0 Å². The number of hydrogen-bond donors (Lipinski definition) is 1. The van der Waals surface area contributed by atoms with Crippen LogP contribution >= 0.6 is 15.9 Å². The average molecular weight is 419 g/mol. The van der Waals surface area contributed by atoms with Gasteiger partial charge in [0.25, 0.3) is 0 Å². The van der Waals surface area contributed by atoms with E-state index >= 15 is 0 Å². The van der Waals surface area contributed by atoms with Gasteiger partial charge < -0.3 is 9.84 Å². The van der Waals surface area contributed by atoms with Crippen molar-refractivity contribution in [1.29, 1.82) is 0 Å². The minimum absolute atomic E-state index is 0.0680. The number of hydrogen-bond acceptors (Lipinski definition) is 3. The third kappa shape index (κ3) is 4.20. The second-order valence-corrected chi connectivity index (χ2v) is 8.51. The van der Waals surface area contributed by atoms with Crippen molar-refractivity contribution in [1.82, 2.24) is 10.5 Å². The molecule has 0 radical (unpaired) electrons. The number of nitrogens with one attached hydrogen (secondary N) is 1. The van der Waals surface area contributed by atoms with Gasteiger partial charge >= 0.3 is 0 Å². The van der Waals surface area contributed by atoms with E-state index in [0.717, 1.165) is 53.6 Å². The Bertz CT molecular complexity index is 741.